The van der Waals surface area contributed by atoms with Gasteiger partial charge in [0, 0.05) is 19.0 Å². The summed E-state index contributed by atoms with van der Waals surface area (Å²) in [5.74, 6) is 0. The highest BCUT2D eigenvalue weighted by molar-refractivity contribution is 5.37. The van der Waals surface area contributed by atoms with Gasteiger partial charge in [-0.25, -0.2) is 0 Å². The molecule has 0 saturated carbocycles. The molecule has 0 aromatic heterocycles. The molecule has 0 amide bonds. The van der Waals surface area contributed by atoms with Gasteiger partial charge in [-0.15, -0.1) is 0 Å². The van der Waals surface area contributed by atoms with Gasteiger partial charge in [-0.2, -0.15) is 0 Å². The van der Waals surface area contributed by atoms with Crippen LogP contribution in [0.15, 0.2) is 21.4 Å². The molecule has 11 heavy (non-hydrogen) atoms. The first kappa shape index (κ1) is 8.14. The molecule has 1 unspecified atom stereocenters. The number of nitrogens with one attached hydrogen (secondary N) is 1. The van der Waals surface area contributed by atoms with E-state index in [9.17, 15) is 0 Å². The Morgan fingerprint density at radius 3 is 2.64 bits per heavy atom. The Bertz CT molecular complexity index is 205. The van der Waals surface area contributed by atoms with E-state index < -0.39 is 0 Å². The molecule has 1 aliphatic rings. The molecule has 0 saturated heterocycles. The van der Waals surface area contributed by atoms with Crippen molar-refractivity contribution in [2.45, 2.75) is 19.4 Å². The monoisotopic (exact) mass is 151 g/mol. The third kappa shape index (κ3) is 1.54. The van der Waals surface area contributed by atoms with Crippen LogP contribution in [0.5, 0.6) is 0 Å². The second-order valence-electron chi connectivity index (χ2n) is 2.57. The fourth-order valence-corrected chi connectivity index (χ4v) is 1.27. The summed E-state index contributed by atoms with van der Waals surface area (Å²) >= 11 is 0. The predicted octanol–water partition coefficient (Wildman–Crippen LogP) is 0.981. The van der Waals surface area contributed by atoms with Crippen molar-refractivity contribution in [3.63, 3.8) is 0 Å². The molecule has 1 heterocycles. The summed E-state index contributed by atoms with van der Waals surface area (Å²) < 4.78 is 0. The molecule has 0 radical (unpaired) electrons. The van der Waals surface area contributed by atoms with Crippen LogP contribution in [0, 0.1) is 0 Å². The summed E-state index contributed by atoms with van der Waals surface area (Å²) in [7, 11) is 0. The fourth-order valence-electron chi connectivity index (χ4n) is 1.27. The van der Waals surface area contributed by atoms with E-state index in [-0.39, 0.29) is 6.04 Å². The highest BCUT2D eigenvalue weighted by Crippen LogP contribution is 2.18. The molecule has 3 nitrogen and oxygen atoms in total. The molecule has 0 bridgehead atoms. The summed E-state index contributed by atoms with van der Waals surface area (Å²) in [6, 6.07) is 0.266. The summed E-state index contributed by atoms with van der Waals surface area (Å²) in [6.07, 6.45) is 0.905. The zero-order valence-electron chi connectivity index (χ0n) is 6.80. The quantitative estimate of drug-likeness (QED) is 0.587. The van der Waals surface area contributed by atoms with Gasteiger partial charge in [0.05, 0.1) is 11.4 Å². The minimum absolute atomic E-state index is 0.266. The lowest BCUT2D eigenvalue weighted by atomic mass is 10.1. The number of hydrogen-bond donors (Lipinski definition) is 1. The van der Waals surface area contributed by atoms with Crippen LogP contribution in [0.3, 0.4) is 0 Å². The van der Waals surface area contributed by atoms with Gasteiger partial charge in [0.15, 0.2) is 0 Å². The topological polar surface area (TPSA) is 36.8 Å². The summed E-state index contributed by atoms with van der Waals surface area (Å²) in [5, 5.41) is 3.27. The Hall–Kier alpha value is -0.960. The van der Waals surface area contributed by atoms with E-state index in [4.69, 9.17) is 0 Å². The first-order valence-electron chi connectivity index (χ1n) is 3.69. The highest BCUT2D eigenvalue weighted by Gasteiger charge is 2.16. The first-order valence-corrected chi connectivity index (χ1v) is 3.69. The molecular formula is C8H13N3. The molecule has 1 atom stereocenters. The maximum Gasteiger partial charge on any atom is 0.0777 e. The molecular weight excluding hydrogens is 138 g/mol. The molecule has 0 aliphatic carbocycles. The van der Waals surface area contributed by atoms with Crippen molar-refractivity contribution in [1.82, 2.24) is 5.32 Å². The van der Waals surface area contributed by atoms with Crippen molar-refractivity contribution in [2.75, 3.05) is 6.54 Å². The molecule has 1 aliphatic heterocycles. The predicted molar refractivity (Wildman–Crippen MR) is 48.2 cm³/mol. The Labute approximate surface area is 66.9 Å². The lowest BCUT2D eigenvalue weighted by Gasteiger charge is -2.21. The van der Waals surface area contributed by atoms with E-state index in [0.29, 0.717) is 0 Å². The van der Waals surface area contributed by atoms with Gasteiger partial charge in [-0.1, -0.05) is 0 Å². The summed E-state index contributed by atoms with van der Waals surface area (Å²) in [4.78, 5) is 7.82. The summed E-state index contributed by atoms with van der Waals surface area (Å²) in [6.45, 7) is 9.99. The van der Waals surface area contributed by atoms with Crippen molar-refractivity contribution in [2.24, 2.45) is 9.98 Å². The van der Waals surface area contributed by atoms with E-state index in [0.717, 1.165) is 24.4 Å². The lowest BCUT2D eigenvalue weighted by molar-refractivity contribution is 0.561. The number of aliphatic imine (C=N–C) groups is 2. The maximum absolute atomic E-state index is 3.91. The Balaban J connectivity index is 2.94. The van der Waals surface area contributed by atoms with Crippen LogP contribution in [0.4, 0.5) is 0 Å². The van der Waals surface area contributed by atoms with E-state index in [1.165, 1.54) is 0 Å². The van der Waals surface area contributed by atoms with Crippen molar-refractivity contribution >= 4 is 13.4 Å². The van der Waals surface area contributed by atoms with Crippen molar-refractivity contribution < 1.29 is 0 Å². The third-order valence-corrected chi connectivity index (χ3v) is 1.88. The third-order valence-electron chi connectivity index (χ3n) is 1.88. The number of rotatable bonds is 2. The van der Waals surface area contributed by atoms with Crippen LogP contribution in [-0.4, -0.2) is 26.0 Å². The van der Waals surface area contributed by atoms with Gasteiger partial charge in [0.25, 0.3) is 0 Å². The zero-order valence-corrected chi connectivity index (χ0v) is 6.80. The zero-order chi connectivity index (χ0) is 8.27. The van der Waals surface area contributed by atoms with Crippen molar-refractivity contribution in [1.29, 1.82) is 0 Å². The van der Waals surface area contributed by atoms with Crippen molar-refractivity contribution in [3.05, 3.63) is 11.4 Å². The Kier molecular flexibility index (Phi) is 2.54. The Morgan fingerprint density at radius 1 is 1.45 bits per heavy atom. The second kappa shape index (κ2) is 3.44. The maximum atomic E-state index is 3.91. The van der Waals surface area contributed by atoms with Gasteiger partial charge < -0.3 is 5.32 Å². The van der Waals surface area contributed by atoms with Gasteiger partial charge in [-0.05, 0) is 20.4 Å². The van der Waals surface area contributed by atoms with E-state index in [2.05, 4.69) is 28.7 Å². The van der Waals surface area contributed by atoms with Gasteiger partial charge in [0.2, 0.25) is 0 Å². The molecule has 0 aromatic carbocycles. The first-order chi connectivity index (χ1) is 5.29. The summed E-state index contributed by atoms with van der Waals surface area (Å²) in [5.41, 5.74) is 1.91. The van der Waals surface area contributed by atoms with Crippen LogP contribution in [0.25, 0.3) is 0 Å². The molecule has 0 fully saturated rings. The van der Waals surface area contributed by atoms with Gasteiger partial charge in [-0.3, -0.25) is 9.98 Å². The minimum atomic E-state index is 0.266. The largest absolute Gasteiger partial charge is 0.308 e. The minimum Gasteiger partial charge on any atom is -0.308 e. The average Bonchev–Trinajstić information content (AvgIpc) is 2.04. The van der Waals surface area contributed by atoms with Gasteiger partial charge >= 0.3 is 0 Å². The molecule has 1 rings (SSSR count). The van der Waals surface area contributed by atoms with Crippen LogP contribution < -0.4 is 5.32 Å². The number of nitrogens with zero attached hydrogens (tertiary/aromatic N) is 2. The smallest absolute Gasteiger partial charge is 0.0777 e. The van der Waals surface area contributed by atoms with Crippen LogP contribution in [0.2, 0.25) is 0 Å². The molecule has 1 N–H and O–H groups in total. The normalized spacial score (nSPS) is 25.0. The average molecular weight is 151 g/mol. The Morgan fingerprint density at radius 2 is 2.18 bits per heavy atom. The lowest BCUT2D eigenvalue weighted by Crippen LogP contribution is -2.33. The van der Waals surface area contributed by atoms with E-state index in [1.807, 2.05) is 6.92 Å². The molecule has 0 aromatic rings. The molecule has 0 spiro atoms. The molecule has 3 heteroatoms. The highest BCUT2D eigenvalue weighted by atomic mass is 15.0. The van der Waals surface area contributed by atoms with E-state index in [1.54, 1.807) is 0 Å². The van der Waals surface area contributed by atoms with E-state index >= 15 is 0 Å². The number of hydrogen-bond acceptors (Lipinski definition) is 3. The van der Waals surface area contributed by atoms with Crippen LogP contribution in [0.1, 0.15) is 13.3 Å². The van der Waals surface area contributed by atoms with Crippen LogP contribution in [-0.2, 0) is 0 Å². The standard InChI is InChI=1S/C8H13N3/c1-6-8(10-3)7(9-2)4-5-11-6/h6,11H,2-5H2,1H3. The SMILES string of the molecule is C=NC1=C(N=C)C(C)NCC1. The second-order valence-corrected chi connectivity index (χ2v) is 2.57. The van der Waals surface area contributed by atoms with Crippen LogP contribution >= 0.6 is 0 Å². The van der Waals surface area contributed by atoms with Crippen molar-refractivity contribution in [3.8, 4) is 0 Å². The molecule has 60 valence electrons. The fraction of sp³-hybridized carbons (Fsp3) is 0.500. The van der Waals surface area contributed by atoms with Gasteiger partial charge in [0.1, 0.15) is 0 Å².